The molecule has 0 aliphatic heterocycles. The van der Waals surface area contributed by atoms with Crippen LogP contribution in [0, 0.1) is 11.6 Å². The number of nitrogens with zero attached hydrogens (tertiary/aromatic N) is 3. The lowest BCUT2D eigenvalue weighted by Gasteiger charge is -2.11. The molecule has 2 aromatic carbocycles. The molecule has 0 spiro atoms. The Labute approximate surface area is 156 Å². The Kier molecular flexibility index (Phi) is 4.08. The van der Waals surface area contributed by atoms with Gasteiger partial charge in [-0.25, -0.2) is 18.3 Å². The minimum atomic E-state index is -1.31. The number of carboxylic acid groups (broad SMARTS) is 1. The second kappa shape index (κ2) is 6.44. The van der Waals surface area contributed by atoms with Crippen LogP contribution in [0.3, 0.4) is 0 Å². The Morgan fingerprint density at radius 1 is 1.07 bits per heavy atom. The van der Waals surface area contributed by atoms with Crippen LogP contribution in [0.25, 0.3) is 27.8 Å². The van der Waals surface area contributed by atoms with Gasteiger partial charge in [0.25, 0.3) is 0 Å². The van der Waals surface area contributed by atoms with Crippen molar-refractivity contribution in [2.24, 2.45) is 0 Å². The zero-order chi connectivity index (χ0) is 19.1. The SMILES string of the molecule is O=C(O)c1cc(-c2c(F)cccc2F)n(-c2ccnc3cc(Cl)ccc23)n1. The van der Waals surface area contributed by atoms with Crippen molar-refractivity contribution in [1.29, 1.82) is 0 Å². The van der Waals surface area contributed by atoms with Crippen LogP contribution in [0.4, 0.5) is 8.78 Å². The summed E-state index contributed by atoms with van der Waals surface area (Å²) in [6, 6.07) is 11.1. The summed E-state index contributed by atoms with van der Waals surface area (Å²) in [4.78, 5) is 15.6. The maximum absolute atomic E-state index is 14.4. The van der Waals surface area contributed by atoms with E-state index in [1.807, 2.05) is 0 Å². The van der Waals surface area contributed by atoms with Crippen molar-refractivity contribution in [1.82, 2.24) is 14.8 Å². The molecule has 4 rings (SSSR count). The van der Waals surface area contributed by atoms with Gasteiger partial charge in [0.2, 0.25) is 0 Å². The molecule has 0 radical (unpaired) electrons. The van der Waals surface area contributed by atoms with Crippen LogP contribution < -0.4 is 0 Å². The molecular formula is C19H10ClF2N3O2. The molecule has 1 N–H and O–H groups in total. The van der Waals surface area contributed by atoms with E-state index in [0.29, 0.717) is 21.6 Å². The first-order chi connectivity index (χ1) is 13.0. The maximum Gasteiger partial charge on any atom is 0.356 e. The number of rotatable bonds is 3. The first-order valence-electron chi connectivity index (χ1n) is 7.78. The van der Waals surface area contributed by atoms with Gasteiger partial charge < -0.3 is 5.11 Å². The molecule has 4 aromatic rings. The third-order valence-electron chi connectivity index (χ3n) is 4.06. The fourth-order valence-electron chi connectivity index (χ4n) is 2.88. The zero-order valence-corrected chi connectivity index (χ0v) is 14.3. The summed E-state index contributed by atoms with van der Waals surface area (Å²) in [5.74, 6) is -2.96. The molecule has 27 heavy (non-hydrogen) atoms. The van der Waals surface area contributed by atoms with Crippen LogP contribution in [0.5, 0.6) is 0 Å². The molecule has 0 atom stereocenters. The smallest absolute Gasteiger partial charge is 0.356 e. The van der Waals surface area contributed by atoms with Crippen molar-refractivity contribution in [2.45, 2.75) is 0 Å². The molecule has 0 saturated carbocycles. The summed E-state index contributed by atoms with van der Waals surface area (Å²) < 4.78 is 29.9. The van der Waals surface area contributed by atoms with Crippen molar-refractivity contribution in [3.8, 4) is 16.9 Å². The van der Waals surface area contributed by atoms with Crippen molar-refractivity contribution < 1.29 is 18.7 Å². The van der Waals surface area contributed by atoms with Crippen molar-refractivity contribution >= 4 is 28.5 Å². The molecule has 0 bridgehead atoms. The maximum atomic E-state index is 14.4. The lowest BCUT2D eigenvalue weighted by Crippen LogP contribution is -2.04. The van der Waals surface area contributed by atoms with E-state index in [1.54, 1.807) is 24.3 Å². The number of fused-ring (bicyclic) bond motifs is 1. The summed E-state index contributed by atoms with van der Waals surface area (Å²) in [7, 11) is 0. The first-order valence-corrected chi connectivity index (χ1v) is 8.16. The highest BCUT2D eigenvalue weighted by molar-refractivity contribution is 6.31. The van der Waals surface area contributed by atoms with E-state index in [1.165, 1.54) is 16.9 Å². The summed E-state index contributed by atoms with van der Waals surface area (Å²) in [6.07, 6.45) is 1.48. The van der Waals surface area contributed by atoms with E-state index >= 15 is 0 Å². The number of pyridine rings is 1. The number of halogens is 3. The molecule has 0 amide bonds. The number of aromatic nitrogens is 3. The number of benzene rings is 2. The van der Waals surface area contributed by atoms with Gasteiger partial charge in [-0.1, -0.05) is 17.7 Å². The second-order valence-electron chi connectivity index (χ2n) is 5.72. The standard InChI is InChI=1S/C19H10ClF2N3O2/c20-10-4-5-11-14(8-10)23-7-6-16(11)25-17(9-15(24-25)19(26)27)18-12(21)2-1-3-13(18)22/h1-9H,(H,26,27). The summed E-state index contributed by atoms with van der Waals surface area (Å²) in [5.41, 5.74) is 0.225. The fraction of sp³-hybridized carbons (Fsp3) is 0. The second-order valence-corrected chi connectivity index (χ2v) is 6.16. The van der Waals surface area contributed by atoms with Crippen LogP contribution in [0.15, 0.2) is 54.7 Å². The Balaban J connectivity index is 2.06. The molecule has 0 unspecified atom stereocenters. The predicted molar refractivity (Wildman–Crippen MR) is 96.2 cm³/mol. The summed E-state index contributed by atoms with van der Waals surface area (Å²) in [5, 5.41) is 14.4. The number of hydrogen-bond acceptors (Lipinski definition) is 3. The van der Waals surface area contributed by atoms with Gasteiger partial charge >= 0.3 is 5.97 Å². The number of carboxylic acids is 1. The van der Waals surface area contributed by atoms with Crippen LogP contribution in [0.1, 0.15) is 10.5 Å². The Morgan fingerprint density at radius 2 is 1.81 bits per heavy atom. The highest BCUT2D eigenvalue weighted by Gasteiger charge is 2.22. The lowest BCUT2D eigenvalue weighted by atomic mass is 10.1. The van der Waals surface area contributed by atoms with Gasteiger partial charge in [0.15, 0.2) is 5.69 Å². The molecule has 8 heteroatoms. The minimum absolute atomic E-state index is 0.0227. The van der Waals surface area contributed by atoms with E-state index in [-0.39, 0.29) is 17.0 Å². The van der Waals surface area contributed by atoms with Crippen LogP contribution in [-0.4, -0.2) is 25.8 Å². The van der Waals surface area contributed by atoms with Gasteiger partial charge in [0.1, 0.15) is 11.6 Å². The average Bonchev–Trinajstić information content (AvgIpc) is 3.06. The quantitative estimate of drug-likeness (QED) is 0.554. The van der Waals surface area contributed by atoms with Gasteiger partial charge in [0.05, 0.1) is 22.5 Å². The lowest BCUT2D eigenvalue weighted by molar-refractivity contribution is 0.0690. The third kappa shape index (κ3) is 2.92. The zero-order valence-electron chi connectivity index (χ0n) is 13.5. The predicted octanol–water partition coefficient (Wildman–Crippen LogP) is 4.72. The average molecular weight is 386 g/mol. The van der Waals surface area contributed by atoms with Crippen LogP contribution in [-0.2, 0) is 0 Å². The highest BCUT2D eigenvalue weighted by atomic mass is 35.5. The molecule has 0 saturated heterocycles. The number of carbonyl (C=O) groups is 1. The van der Waals surface area contributed by atoms with Crippen LogP contribution in [0.2, 0.25) is 5.02 Å². The van der Waals surface area contributed by atoms with Gasteiger partial charge in [-0.2, -0.15) is 5.10 Å². The Morgan fingerprint density at radius 3 is 2.52 bits per heavy atom. The van der Waals surface area contributed by atoms with E-state index in [2.05, 4.69) is 10.1 Å². The molecule has 2 aromatic heterocycles. The number of aromatic carboxylic acids is 1. The van der Waals surface area contributed by atoms with Crippen molar-refractivity contribution in [3.63, 3.8) is 0 Å². The highest BCUT2D eigenvalue weighted by Crippen LogP contribution is 2.31. The Bertz CT molecular complexity index is 1190. The molecule has 0 fully saturated rings. The van der Waals surface area contributed by atoms with E-state index < -0.39 is 17.6 Å². The number of hydrogen-bond donors (Lipinski definition) is 1. The Hall–Kier alpha value is -3.32. The molecule has 0 aliphatic carbocycles. The summed E-state index contributed by atoms with van der Waals surface area (Å²) >= 11 is 5.99. The van der Waals surface area contributed by atoms with Crippen molar-refractivity contribution in [3.05, 3.63) is 77.1 Å². The van der Waals surface area contributed by atoms with Gasteiger partial charge in [-0.05, 0) is 42.5 Å². The van der Waals surface area contributed by atoms with Gasteiger partial charge in [-0.3, -0.25) is 4.98 Å². The normalized spacial score (nSPS) is 11.1. The van der Waals surface area contributed by atoms with Gasteiger partial charge in [-0.15, -0.1) is 0 Å². The molecule has 5 nitrogen and oxygen atoms in total. The van der Waals surface area contributed by atoms with E-state index in [4.69, 9.17) is 11.6 Å². The fourth-order valence-corrected chi connectivity index (χ4v) is 3.05. The van der Waals surface area contributed by atoms with E-state index in [9.17, 15) is 18.7 Å². The topological polar surface area (TPSA) is 68.0 Å². The first kappa shape index (κ1) is 17.1. The van der Waals surface area contributed by atoms with E-state index in [0.717, 1.165) is 18.2 Å². The largest absolute Gasteiger partial charge is 0.476 e. The van der Waals surface area contributed by atoms with Crippen LogP contribution >= 0.6 is 11.6 Å². The monoisotopic (exact) mass is 385 g/mol. The molecule has 0 aliphatic rings. The molecule has 134 valence electrons. The summed E-state index contributed by atoms with van der Waals surface area (Å²) in [6.45, 7) is 0. The molecular weight excluding hydrogens is 376 g/mol. The van der Waals surface area contributed by atoms with Gasteiger partial charge in [0, 0.05) is 16.6 Å². The molecule has 2 heterocycles. The minimum Gasteiger partial charge on any atom is -0.476 e. The van der Waals surface area contributed by atoms with Crippen molar-refractivity contribution in [2.75, 3.05) is 0 Å². The third-order valence-corrected chi connectivity index (χ3v) is 4.29.